The number of carbonyl (C=O) groups excluding carboxylic acids is 1. The second-order valence-corrected chi connectivity index (χ2v) is 7.78. The van der Waals surface area contributed by atoms with Crippen molar-refractivity contribution >= 4 is 23.4 Å². The molecular formula is C22H21FN4O2S. The van der Waals surface area contributed by atoms with Crippen molar-refractivity contribution in [2.45, 2.75) is 38.1 Å². The van der Waals surface area contributed by atoms with E-state index in [1.54, 1.807) is 31.2 Å². The molecule has 0 bridgehead atoms. The third kappa shape index (κ3) is 3.75. The molecule has 0 fully saturated rings. The second kappa shape index (κ2) is 8.79. The van der Waals surface area contributed by atoms with Crippen LogP contribution >= 0.6 is 11.8 Å². The molecule has 1 amide bonds. The highest BCUT2D eigenvalue weighted by atomic mass is 32.2. The van der Waals surface area contributed by atoms with E-state index in [1.807, 2.05) is 18.2 Å². The van der Waals surface area contributed by atoms with E-state index in [-0.39, 0.29) is 23.8 Å². The third-order valence-corrected chi connectivity index (χ3v) is 5.73. The first-order valence-electron chi connectivity index (χ1n) is 9.84. The summed E-state index contributed by atoms with van der Waals surface area (Å²) in [5, 5.41) is 9.06. The van der Waals surface area contributed by atoms with Crippen LogP contribution in [0.1, 0.15) is 38.5 Å². The molecule has 8 heteroatoms. The molecule has 154 valence electrons. The maximum atomic E-state index is 14.8. The fourth-order valence-corrected chi connectivity index (χ4v) is 3.92. The van der Waals surface area contributed by atoms with Crippen molar-refractivity contribution in [1.29, 1.82) is 0 Å². The molecule has 2 aromatic carbocycles. The fraction of sp³-hybridized carbons (Fsp3) is 0.273. The van der Waals surface area contributed by atoms with Gasteiger partial charge in [-0.05, 0) is 18.6 Å². The first-order chi connectivity index (χ1) is 14.6. The molecule has 1 aromatic heterocycles. The van der Waals surface area contributed by atoms with E-state index in [4.69, 9.17) is 4.74 Å². The van der Waals surface area contributed by atoms with Crippen molar-refractivity contribution in [3.8, 4) is 17.1 Å². The van der Waals surface area contributed by atoms with Crippen LogP contribution in [0.5, 0.6) is 5.88 Å². The van der Waals surface area contributed by atoms with E-state index in [1.165, 1.54) is 22.7 Å². The van der Waals surface area contributed by atoms with Gasteiger partial charge in [0.25, 0.3) is 0 Å². The highest BCUT2D eigenvalue weighted by Crippen LogP contribution is 2.43. The molecule has 2 heterocycles. The number of amides is 1. The number of hydrogen-bond acceptors (Lipinski definition) is 6. The molecule has 1 atom stereocenters. The Hall–Kier alpha value is -3.00. The summed E-state index contributed by atoms with van der Waals surface area (Å²) in [5.74, 6) is 0.418. The predicted octanol–water partition coefficient (Wildman–Crippen LogP) is 5.01. The Balaban J connectivity index is 1.93. The Morgan fingerprint density at radius 3 is 2.67 bits per heavy atom. The summed E-state index contributed by atoms with van der Waals surface area (Å²) in [5.41, 5.74) is 1.93. The summed E-state index contributed by atoms with van der Waals surface area (Å²) in [4.78, 5) is 19.0. The molecule has 0 saturated heterocycles. The van der Waals surface area contributed by atoms with Crippen LogP contribution in [0.2, 0.25) is 0 Å². The normalized spacial score (nSPS) is 15.0. The lowest BCUT2D eigenvalue weighted by Crippen LogP contribution is -2.37. The second-order valence-electron chi connectivity index (χ2n) is 6.72. The van der Waals surface area contributed by atoms with Gasteiger partial charge in [-0.2, -0.15) is 4.98 Å². The first kappa shape index (κ1) is 20.3. The summed E-state index contributed by atoms with van der Waals surface area (Å²) in [6.07, 6.45) is 0.183. The molecular weight excluding hydrogens is 403 g/mol. The average molecular weight is 425 g/mol. The van der Waals surface area contributed by atoms with Gasteiger partial charge in [0.15, 0.2) is 5.69 Å². The third-order valence-electron chi connectivity index (χ3n) is 4.69. The van der Waals surface area contributed by atoms with E-state index in [0.29, 0.717) is 22.1 Å². The highest BCUT2D eigenvalue weighted by molar-refractivity contribution is 7.99. The number of para-hydroxylation sites is 1. The van der Waals surface area contributed by atoms with E-state index in [0.717, 1.165) is 12.2 Å². The first-order valence-corrected chi connectivity index (χ1v) is 10.8. The number of aromatic nitrogens is 3. The summed E-state index contributed by atoms with van der Waals surface area (Å²) in [6.45, 7) is 3.83. The molecule has 0 N–H and O–H groups in total. The lowest BCUT2D eigenvalue weighted by atomic mass is 10.1. The van der Waals surface area contributed by atoms with Gasteiger partial charge in [0, 0.05) is 23.3 Å². The van der Waals surface area contributed by atoms with E-state index in [9.17, 15) is 9.18 Å². The van der Waals surface area contributed by atoms with Gasteiger partial charge in [0.2, 0.25) is 23.2 Å². The number of halogens is 1. The molecule has 0 spiro atoms. The minimum absolute atomic E-state index is 0.197. The molecule has 1 aliphatic rings. The van der Waals surface area contributed by atoms with Crippen LogP contribution in [-0.4, -0.2) is 26.8 Å². The molecule has 0 aliphatic carbocycles. The number of fused-ring (bicyclic) bond motifs is 3. The van der Waals surface area contributed by atoms with Gasteiger partial charge in [-0.25, -0.2) is 4.39 Å². The lowest BCUT2D eigenvalue weighted by Gasteiger charge is -2.30. The van der Waals surface area contributed by atoms with Crippen molar-refractivity contribution in [2.75, 3.05) is 10.7 Å². The maximum Gasteiger partial charge on any atom is 0.247 e. The number of thioether (sulfide) groups is 1. The minimum Gasteiger partial charge on any atom is -0.447 e. The molecule has 4 rings (SSSR count). The van der Waals surface area contributed by atoms with Gasteiger partial charge >= 0.3 is 0 Å². The zero-order chi connectivity index (χ0) is 21.1. The number of hydrogen-bond donors (Lipinski definition) is 0. The molecule has 30 heavy (non-hydrogen) atoms. The van der Waals surface area contributed by atoms with E-state index in [2.05, 4.69) is 22.1 Å². The van der Waals surface area contributed by atoms with Crippen LogP contribution in [0.25, 0.3) is 11.3 Å². The minimum atomic E-state index is -1.01. The molecule has 0 unspecified atom stereocenters. The van der Waals surface area contributed by atoms with E-state index >= 15 is 0 Å². The number of carbonyl (C=O) groups is 1. The zero-order valence-corrected chi connectivity index (χ0v) is 17.5. The van der Waals surface area contributed by atoms with Gasteiger partial charge in [-0.15, -0.1) is 10.2 Å². The standard InChI is InChI=1S/C22H21FN4O2S/c1-3-13-30-22-24-20-19(25-26-22)15-10-6-8-12-17(15)27(18(28)4-2)21(29-20)14-9-5-7-11-16(14)23/h5-12,21H,3-4,13H2,1-2H3/t21-/m1/s1. The van der Waals surface area contributed by atoms with Crippen molar-refractivity contribution in [1.82, 2.24) is 15.2 Å². The van der Waals surface area contributed by atoms with Gasteiger partial charge < -0.3 is 4.74 Å². The Labute approximate surface area is 178 Å². The van der Waals surface area contributed by atoms with Gasteiger partial charge in [0.1, 0.15) is 5.82 Å². The summed E-state index contributed by atoms with van der Waals surface area (Å²) >= 11 is 1.47. The Morgan fingerprint density at radius 1 is 1.13 bits per heavy atom. The van der Waals surface area contributed by atoms with Crippen molar-refractivity contribution < 1.29 is 13.9 Å². The van der Waals surface area contributed by atoms with Crippen LogP contribution < -0.4 is 9.64 Å². The van der Waals surface area contributed by atoms with Crippen LogP contribution in [0.4, 0.5) is 10.1 Å². The topological polar surface area (TPSA) is 68.2 Å². The summed E-state index contributed by atoms with van der Waals surface area (Å²) < 4.78 is 21.0. The predicted molar refractivity (Wildman–Crippen MR) is 114 cm³/mol. The zero-order valence-electron chi connectivity index (χ0n) is 16.7. The Bertz CT molecular complexity index is 1080. The van der Waals surface area contributed by atoms with Crippen LogP contribution in [0.3, 0.4) is 0 Å². The SMILES string of the molecule is CCCSc1nnc2c(n1)O[C@H](c1ccccc1F)N(C(=O)CC)c1ccccc1-2. The van der Waals surface area contributed by atoms with Gasteiger partial charge in [-0.3, -0.25) is 9.69 Å². The smallest absolute Gasteiger partial charge is 0.247 e. The molecule has 1 aliphatic heterocycles. The van der Waals surface area contributed by atoms with Crippen LogP contribution in [0.15, 0.2) is 53.7 Å². The number of ether oxygens (including phenoxy) is 1. The molecule has 0 radical (unpaired) electrons. The summed E-state index contributed by atoms with van der Waals surface area (Å²) in [6, 6.07) is 13.6. The van der Waals surface area contributed by atoms with Crippen molar-refractivity contribution in [2.24, 2.45) is 0 Å². The van der Waals surface area contributed by atoms with Gasteiger partial charge in [-0.1, -0.05) is 62.0 Å². The highest BCUT2D eigenvalue weighted by Gasteiger charge is 2.36. The summed E-state index contributed by atoms with van der Waals surface area (Å²) in [7, 11) is 0. The van der Waals surface area contributed by atoms with E-state index < -0.39 is 12.0 Å². The quantitative estimate of drug-likeness (QED) is 0.536. The molecule has 0 saturated carbocycles. The number of rotatable bonds is 5. The molecule has 3 aromatic rings. The van der Waals surface area contributed by atoms with Gasteiger partial charge in [0.05, 0.1) is 5.69 Å². The van der Waals surface area contributed by atoms with Crippen LogP contribution in [-0.2, 0) is 4.79 Å². The largest absolute Gasteiger partial charge is 0.447 e. The number of nitrogens with zero attached hydrogens (tertiary/aromatic N) is 4. The van der Waals surface area contributed by atoms with Crippen molar-refractivity contribution in [3.63, 3.8) is 0 Å². The fourth-order valence-electron chi connectivity index (χ4n) is 3.29. The monoisotopic (exact) mass is 424 g/mol. The molecule has 6 nitrogen and oxygen atoms in total. The Morgan fingerprint density at radius 2 is 1.90 bits per heavy atom. The van der Waals surface area contributed by atoms with Crippen LogP contribution in [0, 0.1) is 5.82 Å². The Kier molecular flexibility index (Phi) is 5.94. The number of benzene rings is 2. The maximum absolute atomic E-state index is 14.8. The number of anilines is 1. The lowest BCUT2D eigenvalue weighted by molar-refractivity contribution is -0.120. The average Bonchev–Trinajstić information content (AvgIpc) is 2.91. The van der Waals surface area contributed by atoms with Crippen molar-refractivity contribution in [3.05, 3.63) is 59.9 Å².